The van der Waals surface area contributed by atoms with E-state index < -0.39 is 10.2 Å². The zero-order valence-corrected chi connectivity index (χ0v) is 12.7. The highest BCUT2D eigenvalue weighted by Gasteiger charge is 2.26. The van der Waals surface area contributed by atoms with Crippen LogP contribution in [0.2, 0.25) is 0 Å². The van der Waals surface area contributed by atoms with Crippen LogP contribution >= 0.6 is 15.9 Å². The number of hydrogen-bond acceptors (Lipinski definition) is 2. The van der Waals surface area contributed by atoms with Crippen LogP contribution < -0.4 is 4.72 Å². The highest BCUT2D eigenvalue weighted by molar-refractivity contribution is 9.10. The molecule has 0 radical (unpaired) electrons. The van der Waals surface area contributed by atoms with Gasteiger partial charge in [0.25, 0.3) is 0 Å². The third kappa shape index (κ3) is 3.46. The van der Waals surface area contributed by atoms with Gasteiger partial charge in [-0.2, -0.15) is 12.7 Å². The Hall–Kier alpha value is -0.590. The molecular formula is C12H17BrN2O2S. The summed E-state index contributed by atoms with van der Waals surface area (Å²) in [5, 5.41) is 0. The van der Waals surface area contributed by atoms with Crippen LogP contribution in [0, 0.1) is 5.92 Å². The van der Waals surface area contributed by atoms with Gasteiger partial charge in [-0.1, -0.05) is 28.9 Å². The molecule has 6 heteroatoms. The van der Waals surface area contributed by atoms with Gasteiger partial charge in [0.15, 0.2) is 0 Å². The van der Waals surface area contributed by atoms with Crippen LogP contribution in [0.25, 0.3) is 0 Å². The molecule has 1 aromatic rings. The van der Waals surface area contributed by atoms with Gasteiger partial charge in [0, 0.05) is 17.6 Å². The summed E-state index contributed by atoms with van der Waals surface area (Å²) in [7, 11) is -3.42. The normalized spacial score (nSPS) is 21.8. The highest BCUT2D eigenvalue weighted by atomic mass is 79.9. The topological polar surface area (TPSA) is 49.4 Å². The monoisotopic (exact) mass is 332 g/mol. The number of hydrogen-bond donors (Lipinski definition) is 1. The summed E-state index contributed by atoms with van der Waals surface area (Å²) in [5.74, 6) is 0.429. The molecule has 1 aromatic carbocycles. The smallest absolute Gasteiger partial charge is 0.271 e. The van der Waals surface area contributed by atoms with E-state index in [9.17, 15) is 8.42 Å². The van der Waals surface area contributed by atoms with Crippen molar-refractivity contribution in [1.82, 2.24) is 4.31 Å². The Kier molecular flexibility index (Phi) is 4.29. The molecule has 1 N–H and O–H groups in total. The number of nitrogens with zero attached hydrogens (tertiary/aromatic N) is 1. The summed E-state index contributed by atoms with van der Waals surface area (Å²) in [4.78, 5) is 0. The van der Waals surface area contributed by atoms with Crippen molar-refractivity contribution < 1.29 is 8.42 Å². The maximum atomic E-state index is 12.2. The van der Waals surface area contributed by atoms with Crippen molar-refractivity contribution in [2.24, 2.45) is 5.92 Å². The minimum atomic E-state index is -3.42. The van der Waals surface area contributed by atoms with Crippen LogP contribution in [0.1, 0.15) is 19.8 Å². The minimum absolute atomic E-state index is 0.429. The molecule has 1 aliphatic heterocycles. The lowest BCUT2D eigenvalue weighted by Crippen LogP contribution is -2.42. The van der Waals surface area contributed by atoms with Gasteiger partial charge in [-0.3, -0.25) is 4.72 Å². The Morgan fingerprint density at radius 2 is 2.22 bits per heavy atom. The second kappa shape index (κ2) is 5.59. The third-order valence-corrected chi connectivity index (χ3v) is 5.03. The highest BCUT2D eigenvalue weighted by Crippen LogP contribution is 2.21. The van der Waals surface area contributed by atoms with Crippen LogP contribution in [0.3, 0.4) is 0 Å². The number of nitrogens with one attached hydrogen (secondary N) is 1. The van der Waals surface area contributed by atoms with Crippen molar-refractivity contribution in [2.45, 2.75) is 19.8 Å². The fourth-order valence-corrected chi connectivity index (χ4v) is 3.90. The number of rotatable bonds is 3. The van der Waals surface area contributed by atoms with Gasteiger partial charge in [-0.05, 0) is 37.0 Å². The molecule has 2 rings (SSSR count). The van der Waals surface area contributed by atoms with Crippen LogP contribution in [0.5, 0.6) is 0 Å². The van der Waals surface area contributed by atoms with E-state index in [2.05, 4.69) is 27.6 Å². The zero-order chi connectivity index (χ0) is 13.2. The molecule has 1 unspecified atom stereocenters. The molecule has 1 atom stereocenters. The molecule has 0 saturated carbocycles. The summed E-state index contributed by atoms with van der Waals surface area (Å²) < 4.78 is 29.4. The quantitative estimate of drug-likeness (QED) is 0.925. The van der Waals surface area contributed by atoms with Gasteiger partial charge in [0.2, 0.25) is 0 Å². The largest absolute Gasteiger partial charge is 0.301 e. The molecule has 0 bridgehead atoms. The van der Waals surface area contributed by atoms with Gasteiger partial charge in [-0.25, -0.2) is 0 Å². The summed E-state index contributed by atoms with van der Waals surface area (Å²) in [6.45, 7) is 3.29. The second-order valence-electron chi connectivity index (χ2n) is 4.72. The maximum Gasteiger partial charge on any atom is 0.301 e. The minimum Gasteiger partial charge on any atom is -0.271 e. The van der Waals surface area contributed by atoms with Gasteiger partial charge in [-0.15, -0.1) is 0 Å². The molecule has 1 heterocycles. The number of halogens is 1. The molecule has 4 nitrogen and oxygen atoms in total. The first-order valence-corrected chi connectivity index (χ1v) is 8.24. The Labute approximate surface area is 117 Å². The molecule has 0 spiro atoms. The van der Waals surface area contributed by atoms with Crippen LogP contribution in [-0.4, -0.2) is 25.8 Å². The van der Waals surface area contributed by atoms with Crippen molar-refractivity contribution in [2.75, 3.05) is 17.8 Å². The van der Waals surface area contributed by atoms with E-state index in [0.717, 1.165) is 17.3 Å². The fourth-order valence-electron chi connectivity index (χ4n) is 2.13. The predicted molar refractivity (Wildman–Crippen MR) is 76.7 cm³/mol. The molecule has 0 aliphatic carbocycles. The molecule has 1 aliphatic rings. The van der Waals surface area contributed by atoms with E-state index in [1.807, 2.05) is 6.07 Å². The second-order valence-corrected chi connectivity index (χ2v) is 7.31. The molecular weight excluding hydrogens is 316 g/mol. The van der Waals surface area contributed by atoms with Crippen LogP contribution in [0.15, 0.2) is 28.7 Å². The first-order valence-electron chi connectivity index (χ1n) is 6.01. The molecule has 0 amide bonds. The lowest BCUT2D eigenvalue weighted by Gasteiger charge is -2.30. The molecule has 18 heavy (non-hydrogen) atoms. The van der Waals surface area contributed by atoms with Crippen LogP contribution in [0.4, 0.5) is 5.69 Å². The molecule has 1 fully saturated rings. The van der Waals surface area contributed by atoms with E-state index in [-0.39, 0.29) is 0 Å². The average molecular weight is 333 g/mol. The number of anilines is 1. The van der Waals surface area contributed by atoms with Gasteiger partial charge < -0.3 is 0 Å². The Bertz CT molecular complexity index is 519. The SMILES string of the molecule is CC1CCCN(S(=O)(=O)Nc2cccc(Br)c2)C1. The number of piperidine rings is 1. The molecule has 100 valence electrons. The summed E-state index contributed by atoms with van der Waals surface area (Å²) in [5.41, 5.74) is 0.586. The predicted octanol–water partition coefficient (Wildman–Crippen LogP) is 2.84. The maximum absolute atomic E-state index is 12.2. The van der Waals surface area contributed by atoms with E-state index in [4.69, 9.17) is 0 Å². The van der Waals surface area contributed by atoms with Crippen molar-refractivity contribution in [3.8, 4) is 0 Å². The summed E-state index contributed by atoms with van der Waals surface area (Å²) in [6, 6.07) is 7.17. The van der Waals surface area contributed by atoms with Crippen molar-refractivity contribution in [1.29, 1.82) is 0 Å². The Morgan fingerprint density at radius 1 is 1.44 bits per heavy atom. The fraction of sp³-hybridized carbons (Fsp3) is 0.500. The summed E-state index contributed by atoms with van der Waals surface area (Å²) in [6.07, 6.45) is 2.03. The third-order valence-electron chi connectivity index (χ3n) is 3.03. The zero-order valence-electron chi connectivity index (χ0n) is 10.3. The van der Waals surface area contributed by atoms with E-state index in [0.29, 0.717) is 24.7 Å². The van der Waals surface area contributed by atoms with Crippen molar-refractivity contribution in [3.63, 3.8) is 0 Å². The Balaban J connectivity index is 2.11. The van der Waals surface area contributed by atoms with Crippen molar-refractivity contribution >= 4 is 31.8 Å². The first kappa shape index (κ1) is 13.8. The average Bonchev–Trinajstić information content (AvgIpc) is 2.28. The van der Waals surface area contributed by atoms with E-state index in [1.165, 1.54) is 4.31 Å². The van der Waals surface area contributed by atoms with Gasteiger partial charge >= 0.3 is 10.2 Å². The first-order chi connectivity index (χ1) is 8.47. The van der Waals surface area contributed by atoms with E-state index in [1.54, 1.807) is 18.2 Å². The Morgan fingerprint density at radius 3 is 2.89 bits per heavy atom. The lowest BCUT2D eigenvalue weighted by molar-refractivity contribution is 0.282. The van der Waals surface area contributed by atoms with Crippen LogP contribution in [-0.2, 0) is 10.2 Å². The van der Waals surface area contributed by atoms with Crippen molar-refractivity contribution in [3.05, 3.63) is 28.7 Å². The van der Waals surface area contributed by atoms with Gasteiger partial charge in [0.1, 0.15) is 0 Å². The molecule has 0 aromatic heterocycles. The van der Waals surface area contributed by atoms with Gasteiger partial charge in [0.05, 0.1) is 5.69 Å². The standard InChI is InChI=1S/C12H17BrN2O2S/c1-10-4-3-7-15(9-10)18(16,17)14-12-6-2-5-11(13)8-12/h2,5-6,8,10,14H,3-4,7,9H2,1H3. The molecule has 1 saturated heterocycles. The lowest BCUT2D eigenvalue weighted by atomic mass is 10.0. The summed E-state index contributed by atoms with van der Waals surface area (Å²) >= 11 is 3.33. The van der Waals surface area contributed by atoms with E-state index >= 15 is 0 Å². The number of benzene rings is 1.